The first kappa shape index (κ1) is 98.0. The van der Waals surface area contributed by atoms with Crippen LogP contribution in [0.25, 0.3) is 0 Å². The summed E-state index contributed by atoms with van der Waals surface area (Å²) in [5, 5.41) is 120. The van der Waals surface area contributed by atoms with Gasteiger partial charge >= 0.3 is 11.9 Å². The summed E-state index contributed by atoms with van der Waals surface area (Å²) in [6.45, 7) is 37.2. The Hall–Kier alpha value is -2.85. The molecule has 2 unspecified atom stereocenters. The number of carbonyl (C=O) groups is 2. The van der Waals surface area contributed by atoms with Gasteiger partial charge in [-0.15, -0.1) is 0 Å². The maximum Gasteiger partial charge on any atom is 0.311 e. The number of hydrogen-bond acceptors (Lipinski definition) is 29. The lowest BCUT2D eigenvalue weighted by atomic mass is 9.77. The maximum absolute atomic E-state index is 14.4. The molecule has 7 rings (SSSR count). The highest BCUT2D eigenvalue weighted by molar-refractivity contribution is 7.89. The van der Waals surface area contributed by atoms with Gasteiger partial charge in [-0.05, 0) is 187 Å². The van der Waals surface area contributed by atoms with E-state index in [2.05, 4.69) is 5.32 Å². The van der Waals surface area contributed by atoms with E-state index in [-0.39, 0.29) is 73.8 Å². The summed E-state index contributed by atoms with van der Waals surface area (Å²) in [7, 11) is 5.71. The number of aliphatic hydroxyl groups is 10. The van der Waals surface area contributed by atoms with Crippen LogP contribution in [-0.2, 0) is 76.5 Å². The van der Waals surface area contributed by atoms with Crippen molar-refractivity contribution >= 4 is 22.0 Å². The van der Waals surface area contributed by atoms with Gasteiger partial charge in [0.05, 0.1) is 94.0 Å². The van der Waals surface area contributed by atoms with Crippen molar-refractivity contribution < 1.29 is 126 Å². The molecule has 11 N–H and O–H groups in total. The van der Waals surface area contributed by atoms with Gasteiger partial charge in [0.25, 0.3) is 0 Å². The average Bonchev–Trinajstić information content (AvgIpc) is 1.10. The average molecular weight is 1620 g/mol. The van der Waals surface area contributed by atoms with Crippen molar-refractivity contribution in [2.45, 2.75) is 382 Å². The minimum atomic E-state index is -4.07. The lowest BCUT2D eigenvalue weighted by Crippen LogP contribution is -2.61. The number of rotatable bonds is 16. The van der Waals surface area contributed by atoms with Gasteiger partial charge in [-0.25, -0.2) is 8.42 Å². The van der Waals surface area contributed by atoms with Gasteiger partial charge in [0.15, 0.2) is 25.2 Å². The van der Waals surface area contributed by atoms with E-state index in [9.17, 15) is 69.1 Å². The van der Waals surface area contributed by atoms with Gasteiger partial charge in [0, 0.05) is 77.2 Å². The SMILES string of the molecule is CC[C@H]1OC(=O)[C@H](C)[C@@H](O[C@H]2C[C@@](C)(OC)[C@@H](O)[C@H](C)O2)C(C)[C@@H](O[C@@H]2O[C@H](C)C[C@H](N(C)S(=O)(=O)c3ccc(C)cc3)[C@H]2O)[C@](C)(O)C[C@@H](C)CN(C)[C@H](C)[C@@H](O)[C@]1(C)O.CC[C@H]1OC(=O)[C@H](C)[C@@H](O[C@H]2C[C@@](C)(OC)[C@@H](O)[C@H](C)O2)C(C)[C@@H](O[C@@H]2O[C@H](C)C[C@H](NC)[C@H]2O)[C@](C)(O)C[C@@H](C)CN(C)[C@H](C)[C@@H](O)[C@]1(C)O. The Kier molecular flexibility index (Phi) is 34.6. The zero-order valence-corrected chi connectivity index (χ0v) is 72.8. The minimum Gasteiger partial charge on any atom is -0.459 e. The molecule has 31 heteroatoms. The van der Waals surface area contributed by atoms with Crippen molar-refractivity contribution in [2.24, 2.45) is 35.5 Å². The van der Waals surface area contributed by atoms with Crippen LogP contribution in [0.5, 0.6) is 0 Å². The second-order valence-electron chi connectivity index (χ2n) is 35.6. The Morgan fingerprint density at radius 3 is 1.27 bits per heavy atom. The number of benzene rings is 1. The Morgan fingerprint density at radius 2 is 0.911 bits per heavy atom. The van der Waals surface area contributed by atoms with E-state index >= 15 is 0 Å². The van der Waals surface area contributed by atoms with Crippen molar-refractivity contribution in [3.63, 3.8) is 0 Å². The monoisotopic (exact) mass is 1620 g/mol. The van der Waals surface area contributed by atoms with Gasteiger partial charge in [-0.2, -0.15) is 4.31 Å². The number of sulfonamides is 1. The van der Waals surface area contributed by atoms with Crippen molar-refractivity contribution in [3.8, 4) is 0 Å². The third-order valence-electron chi connectivity index (χ3n) is 25.7. The summed E-state index contributed by atoms with van der Waals surface area (Å²) < 4.78 is 104. The lowest BCUT2D eigenvalue weighted by molar-refractivity contribution is -0.317. The predicted molar refractivity (Wildman–Crippen MR) is 416 cm³/mol. The Balaban J connectivity index is 0.000000355. The van der Waals surface area contributed by atoms with E-state index in [0.29, 0.717) is 19.5 Å². The molecule has 6 heterocycles. The number of ether oxygens (including phenoxy) is 12. The molecule has 0 bridgehead atoms. The van der Waals surface area contributed by atoms with Crippen LogP contribution in [-0.4, -0.2) is 322 Å². The summed E-state index contributed by atoms with van der Waals surface area (Å²) in [4.78, 5) is 32.4. The number of carbonyl (C=O) groups excluding carboxylic acids is 2. The molecule has 0 aliphatic carbocycles. The van der Waals surface area contributed by atoms with Crippen LogP contribution in [0.3, 0.4) is 0 Å². The number of aliphatic hydroxyl groups excluding tert-OH is 6. The van der Waals surface area contributed by atoms with E-state index in [0.717, 1.165) is 9.87 Å². The molecule has 6 aliphatic rings. The molecule has 112 heavy (non-hydrogen) atoms. The third-order valence-corrected chi connectivity index (χ3v) is 27.6. The van der Waals surface area contributed by atoms with E-state index in [1.54, 1.807) is 123 Å². The third kappa shape index (κ3) is 22.6. The number of methoxy groups -OCH3 is 2. The first-order chi connectivity index (χ1) is 51.7. The number of esters is 2. The van der Waals surface area contributed by atoms with Gasteiger partial charge in [0.1, 0.15) is 60.0 Å². The summed E-state index contributed by atoms with van der Waals surface area (Å²) in [5.41, 5.74) is -8.15. The highest BCUT2D eigenvalue weighted by Crippen LogP contribution is 2.44. The first-order valence-corrected chi connectivity index (χ1v) is 42.0. The zero-order chi connectivity index (χ0) is 85.0. The van der Waals surface area contributed by atoms with Gasteiger partial charge in [-0.3, -0.25) is 9.59 Å². The number of aryl methyl sites for hydroxylation is 1. The number of hydrogen-bond donors (Lipinski definition) is 11. The molecular weight excluding hydrogens is 1480 g/mol. The first-order valence-electron chi connectivity index (χ1n) is 40.5. The molecule has 0 radical (unpaired) electrons. The molecule has 652 valence electrons. The number of nitrogens with zero attached hydrogens (tertiary/aromatic N) is 3. The van der Waals surface area contributed by atoms with E-state index in [1.165, 1.54) is 47.2 Å². The normalized spacial score (nSPS) is 47.0. The van der Waals surface area contributed by atoms with Gasteiger partial charge in [0.2, 0.25) is 10.0 Å². The van der Waals surface area contributed by atoms with Gasteiger partial charge in [-0.1, -0.05) is 59.2 Å². The van der Waals surface area contributed by atoms with Crippen molar-refractivity contribution in [1.82, 2.24) is 19.4 Å². The molecule has 0 aromatic heterocycles. The standard InChI is InChI=1S/C44H76N2O14S.C37H70N2O12/c1-15-33-44(11,52)37(48)29(7)45(12)23-25(3)21-42(9,51)39(27(5)36(28(6)40(50)58-33)59-34-22-43(10,55-14)38(49)30(8)57-34)60-41-35(47)32(20-26(4)56-41)46(13)61(53,54)31-18-16-24(2)17-19-31;1-14-26-37(10,45)30(41)23(6)39(12)18-19(2)16-35(8,44)32(51-34-28(40)25(38-11)15-20(3)47-34)21(4)29(22(5)33(43)49-26)50-27-17-36(9,46-13)31(42)24(7)48-27/h16-19,25-30,32-39,41,47-49,51-52H,15,20-23H2,1-14H3;19-32,34,38,40-42,44-45H,14-18H2,1-13H3/t25-,26-,27?,28-,29-,30+,32+,33-,34+,35-,36+,37-,38+,39-,41+,42-,43-,44-;19-,20-,21?,22-,23-,24+,25+,26-,27+,28-,29+,30-,31+,32-,34+,35-,36-,37-/m11/s1. The maximum atomic E-state index is 14.4. The van der Waals surface area contributed by atoms with Crippen LogP contribution in [0.1, 0.15) is 195 Å². The summed E-state index contributed by atoms with van der Waals surface area (Å²) >= 11 is 0. The van der Waals surface area contributed by atoms with E-state index < -0.39 is 214 Å². The van der Waals surface area contributed by atoms with Crippen molar-refractivity contribution in [3.05, 3.63) is 29.8 Å². The largest absolute Gasteiger partial charge is 0.459 e. The molecule has 6 fully saturated rings. The van der Waals surface area contributed by atoms with Gasteiger partial charge < -0.3 is 123 Å². The quantitative estimate of drug-likeness (QED) is 0.101. The molecule has 6 saturated heterocycles. The topological polar surface area (TPSA) is 403 Å². The number of likely N-dealkylation sites (N-methyl/N-ethyl adjacent to an activating group) is 4. The fraction of sp³-hybridized carbons (Fsp3) is 0.901. The van der Waals surface area contributed by atoms with Crippen LogP contribution in [0.15, 0.2) is 29.2 Å². The molecule has 0 amide bonds. The summed E-state index contributed by atoms with van der Waals surface area (Å²) in [5.74, 6) is -5.62. The number of cyclic esters (lactones) is 2. The van der Waals surface area contributed by atoms with Crippen LogP contribution in [0.4, 0.5) is 0 Å². The summed E-state index contributed by atoms with van der Waals surface area (Å²) in [6, 6.07) is 3.99. The fourth-order valence-electron chi connectivity index (χ4n) is 18.2. The van der Waals surface area contributed by atoms with Crippen LogP contribution in [0.2, 0.25) is 0 Å². The van der Waals surface area contributed by atoms with E-state index in [4.69, 9.17) is 56.8 Å². The minimum absolute atomic E-state index is 0.0626. The fourth-order valence-corrected chi connectivity index (χ4v) is 19.6. The number of nitrogens with one attached hydrogen (secondary N) is 1. The highest BCUT2D eigenvalue weighted by Gasteiger charge is 2.57. The van der Waals surface area contributed by atoms with Crippen LogP contribution < -0.4 is 5.32 Å². The molecule has 1 aromatic carbocycles. The Morgan fingerprint density at radius 1 is 0.545 bits per heavy atom. The second kappa shape index (κ2) is 39.6. The predicted octanol–water partition coefficient (Wildman–Crippen LogP) is 4.53. The summed E-state index contributed by atoms with van der Waals surface area (Å²) in [6.07, 6.45) is -18.9. The van der Waals surface area contributed by atoms with Crippen LogP contribution >= 0.6 is 0 Å². The lowest BCUT2D eigenvalue weighted by Gasteiger charge is -2.48. The molecule has 1 aromatic rings. The molecule has 0 spiro atoms. The Labute approximate surface area is 667 Å². The van der Waals surface area contributed by atoms with Crippen LogP contribution in [0, 0.1) is 42.4 Å². The zero-order valence-electron chi connectivity index (χ0n) is 72.0. The molecule has 0 saturated carbocycles. The molecule has 36 atom stereocenters. The Bertz CT molecular complexity index is 3220. The molecular formula is C81H146N4O26S. The smallest absolute Gasteiger partial charge is 0.311 e. The van der Waals surface area contributed by atoms with Crippen molar-refractivity contribution in [1.29, 1.82) is 0 Å². The van der Waals surface area contributed by atoms with Crippen molar-refractivity contribution in [2.75, 3.05) is 55.5 Å². The second-order valence-corrected chi connectivity index (χ2v) is 37.6. The molecule has 30 nitrogen and oxygen atoms in total. The highest BCUT2D eigenvalue weighted by atomic mass is 32.2. The molecule has 6 aliphatic heterocycles. The van der Waals surface area contributed by atoms with E-state index in [1.807, 2.05) is 51.5 Å².